The Hall–Kier alpha value is -5.22. The van der Waals surface area contributed by atoms with Crippen LogP contribution < -0.4 is 21.1 Å². The number of carbonyl (C=O) groups excluding carboxylic acids is 3. The van der Waals surface area contributed by atoms with Gasteiger partial charge in [0.05, 0.1) is 35.2 Å². The Labute approximate surface area is 307 Å². The molecule has 1 fully saturated rings. The second-order valence-corrected chi connectivity index (χ2v) is 13.6. The second-order valence-electron chi connectivity index (χ2n) is 13.2. The van der Waals surface area contributed by atoms with Crippen molar-refractivity contribution in [1.82, 2.24) is 29.4 Å². The summed E-state index contributed by atoms with van der Waals surface area (Å²) in [5.74, 6) is -0.870. The van der Waals surface area contributed by atoms with E-state index in [1.165, 1.54) is 0 Å². The standard InChI is InChI=1S/C36H38ClF3N8O5/c1-4-27-29(45-14-16-46(17-15-45)33(52)35(2,3)43-31(50)23-8-6-5-7-9-23)32(51)48-34(42-30(44-48)22-12-18-53-19-13-22)47(27)21-28(49)41-26-11-10-24(20-25(26)37)36(38,39)40/h5-12,20H,4,13-19,21H2,1-3H3,(H,41,49)(H,43,50). The van der Waals surface area contributed by atoms with E-state index < -0.39 is 28.7 Å². The van der Waals surface area contributed by atoms with Gasteiger partial charge in [-0.2, -0.15) is 22.7 Å². The molecule has 13 nitrogen and oxygen atoms in total. The van der Waals surface area contributed by atoms with Crippen molar-refractivity contribution in [3.63, 3.8) is 0 Å². The fraction of sp³-hybridized carbons (Fsp3) is 0.389. The van der Waals surface area contributed by atoms with E-state index in [2.05, 4.69) is 20.7 Å². The first-order valence-corrected chi connectivity index (χ1v) is 17.4. The SMILES string of the molecule is CCc1c(N2CCN(C(=O)C(C)(C)NC(=O)c3ccccc3)CC2)c(=O)n2nc(C3=CCOCC3)nc2n1CC(=O)Nc1ccc(C(F)(F)F)cc1Cl. The monoisotopic (exact) mass is 754 g/mol. The molecule has 4 aromatic rings. The number of amides is 3. The van der Waals surface area contributed by atoms with Crippen LogP contribution in [0.3, 0.4) is 0 Å². The zero-order chi connectivity index (χ0) is 38.1. The largest absolute Gasteiger partial charge is 0.416 e. The molecule has 0 bridgehead atoms. The van der Waals surface area contributed by atoms with E-state index in [1.54, 1.807) is 53.6 Å². The van der Waals surface area contributed by atoms with E-state index >= 15 is 0 Å². The van der Waals surface area contributed by atoms with Gasteiger partial charge in [-0.25, -0.2) is 0 Å². The van der Waals surface area contributed by atoms with Gasteiger partial charge in [0, 0.05) is 31.7 Å². The maximum atomic E-state index is 14.2. The van der Waals surface area contributed by atoms with Crippen LogP contribution in [0.25, 0.3) is 11.4 Å². The van der Waals surface area contributed by atoms with Gasteiger partial charge in [0.25, 0.3) is 11.5 Å². The first-order valence-electron chi connectivity index (χ1n) is 17.1. The number of fused-ring (bicyclic) bond motifs is 1. The average Bonchev–Trinajstić information content (AvgIpc) is 3.60. The van der Waals surface area contributed by atoms with Crippen molar-refractivity contribution in [2.24, 2.45) is 0 Å². The average molecular weight is 755 g/mol. The van der Waals surface area contributed by atoms with Crippen LogP contribution in [0, 0.1) is 0 Å². The summed E-state index contributed by atoms with van der Waals surface area (Å²) in [7, 11) is 0. The first kappa shape index (κ1) is 37.5. The number of rotatable bonds is 9. The minimum Gasteiger partial charge on any atom is -0.377 e. The predicted molar refractivity (Wildman–Crippen MR) is 192 cm³/mol. The van der Waals surface area contributed by atoms with E-state index in [1.807, 2.05) is 17.9 Å². The number of aromatic nitrogens is 4. The maximum Gasteiger partial charge on any atom is 0.416 e. The fourth-order valence-electron chi connectivity index (χ4n) is 6.45. The third kappa shape index (κ3) is 7.93. The number of nitrogens with one attached hydrogen (secondary N) is 2. The van der Waals surface area contributed by atoms with Gasteiger partial charge in [-0.15, -0.1) is 5.10 Å². The lowest BCUT2D eigenvalue weighted by molar-refractivity contribution is -0.138. The molecule has 2 aromatic heterocycles. The number of hydrogen-bond acceptors (Lipinski definition) is 8. The Bertz CT molecular complexity index is 2140. The number of hydrogen-bond donors (Lipinski definition) is 2. The minimum atomic E-state index is -4.61. The van der Waals surface area contributed by atoms with E-state index in [9.17, 15) is 32.3 Å². The Morgan fingerprint density at radius 2 is 1.74 bits per heavy atom. The molecule has 4 heterocycles. The van der Waals surface area contributed by atoms with E-state index in [4.69, 9.17) is 16.3 Å². The van der Waals surface area contributed by atoms with Gasteiger partial charge in [-0.1, -0.05) is 42.8 Å². The molecule has 2 N–H and O–H groups in total. The predicted octanol–water partition coefficient (Wildman–Crippen LogP) is 4.43. The molecule has 0 radical (unpaired) electrons. The third-order valence-electron chi connectivity index (χ3n) is 9.16. The number of ether oxygens (including phenoxy) is 1. The van der Waals surface area contributed by atoms with E-state index in [-0.39, 0.29) is 66.7 Å². The summed E-state index contributed by atoms with van der Waals surface area (Å²) in [5.41, 5.74) is -0.680. The molecule has 0 saturated carbocycles. The maximum absolute atomic E-state index is 14.2. The van der Waals surface area contributed by atoms with Crippen LogP contribution in [0.5, 0.6) is 0 Å². The first-order chi connectivity index (χ1) is 25.2. The van der Waals surface area contributed by atoms with Crippen molar-refractivity contribution in [3.05, 3.63) is 92.6 Å². The van der Waals surface area contributed by atoms with Gasteiger partial charge in [-0.05, 0) is 62.6 Å². The molecule has 0 atom stereocenters. The molecule has 0 aliphatic carbocycles. The number of piperazine rings is 1. The Balaban J connectivity index is 1.29. The van der Waals surface area contributed by atoms with E-state index in [0.29, 0.717) is 43.1 Å². The van der Waals surface area contributed by atoms with Crippen LogP contribution in [0.15, 0.2) is 59.4 Å². The number of halogens is 4. The highest BCUT2D eigenvalue weighted by Crippen LogP contribution is 2.34. The number of carbonyl (C=O) groups is 3. The van der Waals surface area contributed by atoms with Gasteiger partial charge >= 0.3 is 6.18 Å². The normalized spacial score (nSPS) is 15.3. The highest BCUT2D eigenvalue weighted by Gasteiger charge is 2.37. The highest BCUT2D eigenvalue weighted by atomic mass is 35.5. The van der Waals surface area contributed by atoms with Crippen molar-refractivity contribution in [2.75, 3.05) is 49.6 Å². The molecule has 1 saturated heterocycles. The lowest BCUT2D eigenvalue weighted by Crippen LogP contribution is -2.60. The molecule has 2 aliphatic heterocycles. The van der Waals surface area contributed by atoms with Crippen molar-refractivity contribution >= 4 is 52.0 Å². The van der Waals surface area contributed by atoms with Crippen molar-refractivity contribution in [1.29, 1.82) is 0 Å². The topological polar surface area (TPSA) is 143 Å². The van der Waals surface area contributed by atoms with Gasteiger partial charge in [0.1, 0.15) is 17.8 Å². The molecular formula is C36H38ClF3N8O5. The van der Waals surface area contributed by atoms with Gasteiger partial charge in [0.2, 0.25) is 17.6 Å². The molecule has 2 aromatic carbocycles. The van der Waals surface area contributed by atoms with Crippen LogP contribution in [0.1, 0.15) is 54.6 Å². The summed E-state index contributed by atoms with van der Waals surface area (Å²) in [6.45, 7) is 6.55. The summed E-state index contributed by atoms with van der Waals surface area (Å²) in [5, 5.41) is 9.66. The van der Waals surface area contributed by atoms with Crippen molar-refractivity contribution in [2.45, 2.75) is 51.9 Å². The number of nitrogens with zero attached hydrogens (tertiary/aromatic N) is 6. The third-order valence-corrected chi connectivity index (χ3v) is 9.48. The van der Waals surface area contributed by atoms with Crippen LogP contribution in [0.4, 0.5) is 24.5 Å². The molecule has 53 heavy (non-hydrogen) atoms. The Morgan fingerprint density at radius 3 is 2.36 bits per heavy atom. The van der Waals surface area contributed by atoms with Crippen molar-refractivity contribution < 1.29 is 32.3 Å². The van der Waals surface area contributed by atoms with Crippen LogP contribution in [0.2, 0.25) is 5.02 Å². The smallest absolute Gasteiger partial charge is 0.377 e. The zero-order valence-corrected chi connectivity index (χ0v) is 30.1. The molecule has 0 spiro atoms. The summed E-state index contributed by atoms with van der Waals surface area (Å²) in [4.78, 5) is 62.4. The van der Waals surface area contributed by atoms with Crippen LogP contribution in [-0.2, 0) is 33.5 Å². The van der Waals surface area contributed by atoms with Crippen LogP contribution in [-0.4, -0.2) is 86.7 Å². The molecular weight excluding hydrogens is 717 g/mol. The molecule has 6 rings (SSSR count). The second kappa shape index (κ2) is 15.0. The molecule has 280 valence electrons. The summed E-state index contributed by atoms with van der Waals surface area (Å²) < 4.78 is 47.8. The molecule has 2 aliphatic rings. The summed E-state index contributed by atoms with van der Waals surface area (Å²) in [6, 6.07) is 11.2. The number of anilines is 2. The number of alkyl halides is 3. The van der Waals surface area contributed by atoms with Gasteiger partial charge in [0.15, 0.2) is 5.82 Å². The highest BCUT2D eigenvalue weighted by molar-refractivity contribution is 6.33. The lowest BCUT2D eigenvalue weighted by Gasteiger charge is -2.40. The quantitative estimate of drug-likeness (QED) is 0.256. The molecule has 0 unspecified atom stereocenters. The summed E-state index contributed by atoms with van der Waals surface area (Å²) in [6.07, 6.45) is -1.97. The van der Waals surface area contributed by atoms with Gasteiger partial charge < -0.3 is 29.7 Å². The Kier molecular flexibility index (Phi) is 10.6. The van der Waals surface area contributed by atoms with Gasteiger partial charge in [-0.3, -0.25) is 19.2 Å². The van der Waals surface area contributed by atoms with Crippen LogP contribution >= 0.6 is 11.6 Å². The molecule has 3 amide bonds. The minimum absolute atomic E-state index is 0.0156. The summed E-state index contributed by atoms with van der Waals surface area (Å²) >= 11 is 6.13. The fourth-order valence-corrected chi connectivity index (χ4v) is 6.68. The molecule has 17 heteroatoms. The lowest BCUT2D eigenvalue weighted by atomic mass is 10.0. The number of benzene rings is 2. The van der Waals surface area contributed by atoms with Crippen molar-refractivity contribution in [3.8, 4) is 0 Å². The van der Waals surface area contributed by atoms with E-state index in [0.717, 1.165) is 28.3 Å². The zero-order valence-electron chi connectivity index (χ0n) is 29.3. The Morgan fingerprint density at radius 1 is 1.02 bits per heavy atom.